The molecule has 0 radical (unpaired) electrons. The van der Waals surface area contributed by atoms with Crippen molar-refractivity contribution >= 4 is 23.0 Å². The molecule has 1 N–H and O–H groups in total. The van der Waals surface area contributed by atoms with Crippen LogP contribution in [0.5, 0.6) is 5.75 Å². The lowest BCUT2D eigenvalue weighted by Gasteiger charge is -2.25. The molecule has 0 aromatic heterocycles. The first-order chi connectivity index (χ1) is 13.5. The molecule has 6 nitrogen and oxygen atoms in total. The third-order valence-corrected chi connectivity index (χ3v) is 5.14. The highest BCUT2D eigenvalue weighted by Gasteiger charge is 2.36. The van der Waals surface area contributed by atoms with Crippen molar-refractivity contribution in [1.29, 1.82) is 0 Å². The molecule has 3 aromatic rings. The van der Waals surface area contributed by atoms with Gasteiger partial charge < -0.3 is 9.84 Å². The average molecular weight is 373 g/mol. The van der Waals surface area contributed by atoms with E-state index in [-0.39, 0.29) is 12.2 Å². The molecular weight excluding hydrogens is 354 g/mol. The Bertz CT molecular complexity index is 1120. The summed E-state index contributed by atoms with van der Waals surface area (Å²) in [6.07, 6.45) is 1.68. The number of hydrogen-bond acceptors (Lipinski definition) is 5. The molecule has 6 heteroatoms. The predicted molar refractivity (Wildman–Crippen MR) is 107 cm³/mol. The Morgan fingerprint density at radius 3 is 2.68 bits per heavy atom. The van der Waals surface area contributed by atoms with E-state index in [1.807, 2.05) is 56.3 Å². The van der Waals surface area contributed by atoms with Crippen molar-refractivity contribution in [3.8, 4) is 5.75 Å². The lowest BCUT2D eigenvalue weighted by molar-refractivity contribution is 0.0696. The van der Waals surface area contributed by atoms with Crippen LogP contribution in [0.25, 0.3) is 10.8 Å². The van der Waals surface area contributed by atoms with Gasteiger partial charge in [0.2, 0.25) is 0 Å². The molecule has 1 aliphatic heterocycles. The second-order valence-corrected chi connectivity index (χ2v) is 6.90. The number of ether oxygens (including phenoxy) is 1. The monoisotopic (exact) mass is 373 g/mol. The van der Waals surface area contributed by atoms with E-state index in [2.05, 4.69) is 15.4 Å². The maximum Gasteiger partial charge on any atom is 0.335 e. The first-order valence-corrected chi connectivity index (χ1v) is 8.92. The molecule has 0 spiro atoms. The molecule has 0 amide bonds. The quantitative estimate of drug-likeness (QED) is 0.692. The van der Waals surface area contributed by atoms with Crippen LogP contribution in [-0.4, -0.2) is 23.9 Å². The SMILES string of the molecule is Cc1cccc(C2(COc3cc(C(=O)O)cc4ccccc34)C=NN=N2)c1C. The van der Waals surface area contributed by atoms with Crippen LogP contribution in [0.15, 0.2) is 70.0 Å². The standard InChI is InChI=1S/C22H19N3O3/c1-14-6-5-9-19(15(14)2)22(12-23-25-24-22)13-28-20-11-17(21(26)27)10-16-7-3-4-8-18(16)20/h3-12H,13H2,1-2H3,(H,26,27). The molecular formula is C22H19N3O3. The summed E-state index contributed by atoms with van der Waals surface area (Å²) in [6.45, 7) is 4.24. The molecule has 3 aromatic carbocycles. The molecule has 4 rings (SSSR count). The maximum atomic E-state index is 11.5. The van der Waals surface area contributed by atoms with Crippen LogP contribution in [0.3, 0.4) is 0 Å². The summed E-state index contributed by atoms with van der Waals surface area (Å²) in [6, 6.07) is 16.7. The number of aryl methyl sites for hydroxylation is 1. The highest BCUT2D eigenvalue weighted by molar-refractivity contribution is 5.97. The molecule has 1 heterocycles. The third-order valence-electron chi connectivity index (χ3n) is 5.14. The van der Waals surface area contributed by atoms with Crippen molar-refractivity contribution in [1.82, 2.24) is 0 Å². The van der Waals surface area contributed by atoms with Gasteiger partial charge in [-0.15, -0.1) is 10.2 Å². The zero-order valence-electron chi connectivity index (χ0n) is 15.6. The second-order valence-electron chi connectivity index (χ2n) is 6.90. The second kappa shape index (κ2) is 6.88. The molecule has 0 aliphatic carbocycles. The Hall–Kier alpha value is -3.54. The topological polar surface area (TPSA) is 83.6 Å². The van der Waals surface area contributed by atoms with E-state index in [0.29, 0.717) is 5.75 Å². The van der Waals surface area contributed by atoms with Gasteiger partial charge in [-0.05, 0) is 53.3 Å². The first kappa shape index (κ1) is 17.9. The molecule has 1 unspecified atom stereocenters. The Labute approximate surface area is 162 Å². The fourth-order valence-corrected chi connectivity index (χ4v) is 3.45. The van der Waals surface area contributed by atoms with Gasteiger partial charge in [0.1, 0.15) is 12.4 Å². The minimum absolute atomic E-state index is 0.164. The third kappa shape index (κ3) is 3.03. The predicted octanol–water partition coefficient (Wildman–Crippen LogP) is 4.88. The van der Waals surface area contributed by atoms with Crippen molar-refractivity contribution in [3.05, 3.63) is 76.9 Å². The average Bonchev–Trinajstić information content (AvgIpc) is 3.18. The van der Waals surface area contributed by atoms with Gasteiger partial charge in [-0.2, -0.15) is 0 Å². The van der Waals surface area contributed by atoms with Crippen molar-refractivity contribution in [3.63, 3.8) is 0 Å². The van der Waals surface area contributed by atoms with Crippen LogP contribution in [-0.2, 0) is 5.54 Å². The van der Waals surface area contributed by atoms with Gasteiger partial charge >= 0.3 is 5.97 Å². The highest BCUT2D eigenvalue weighted by atomic mass is 16.5. The van der Waals surface area contributed by atoms with E-state index < -0.39 is 11.5 Å². The van der Waals surface area contributed by atoms with E-state index >= 15 is 0 Å². The first-order valence-electron chi connectivity index (χ1n) is 8.92. The molecule has 0 saturated heterocycles. The van der Waals surface area contributed by atoms with Crippen molar-refractivity contribution in [2.75, 3.05) is 6.61 Å². The Kier molecular flexibility index (Phi) is 4.39. The number of carboxylic acids is 1. The van der Waals surface area contributed by atoms with E-state index in [1.165, 1.54) is 0 Å². The number of rotatable bonds is 5. The number of carboxylic acid groups (broad SMARTS) is 1. The molecule has 0 saturated carbocycles. The van der Waals surface area contributed by atoms with Crippen molar-refractivity contribution < 1.29 is 14.6 Å². The van der Waals surface area contributed by atoms with Crippen molar-refractivity contribution in [2.24, 2.45) is 15.4 Å². The summed E-state index contributed by atoms with van der Waals surface area (Å²) in [5, 5.41) is 23.2. The van der Waals surface area contributed by atoms with Crippen LogP contribution in [0.2, 0.25) is 0 Å². The fraction of sp³-hybridized carbons (Fsp3) is 0.182. The summed E-state index contributed by atoms with van der Waals surface area (Å²) in [5.74, 6) is -0.502. The van der Waals surface area contributed by atoms with E-state index in [1.54, 1.807) is 18.3 Å². The van der Waals surface area contributed by atoms with Gasteiger partial charge in [0, 0.05) is 5.39 Å². The molecule has 0 bridgehead atoms. The number of fused-ring (bicyclic) bond motifs is 1. The number of benzene rings is 3. The molecule has 140 valence electrons. The number of aromatic carboxylic acids is 1. The van der Waals surface area contributed by atoms with E-state index in [4.69, 9.17) is 4.74 Å². The lowest BCUT2D eigenvalue weighted by atomic mass is 9.87. The normalized spacial score (nSPS) is 17.9. The van der Waals surface area contributed by atoms with Crippen LogP contribution in [0.4, 0.5) is 0 Å². The summed E-state index contributed by atoms with van der Waals surface area (Å²) in [5.41, 5.74) is 2.55. The Morgan fingerprint density at radius 1 is 1.11 bits per heavy atom. The number of hydrogen-bond donors (Lipinski definition) is 1. The molecule has 28 heavy (non-hydrogen) atoms. The minimum atomic E-state index is -0.998. The zero-order valence-corrected chi connectivity index (χ0v) is 15.6. The fourth-order valence-electron chi connectivity index (χ4n) is 3.45. The highest BCUT2D eigenvalue weighted by Crippen LogP contribution is 2.34. The van der Waals surface area contributed by atoms with Crippen LogP contribution in [0.1, 0.15) is 27.0 Å². The zero-order chi connectivity index (χ0) is 19.7. The van der Waals surface area contributed by atoms with Gasteiger partial charge in [0.25, 0.3) is 0 Å². The molecule has 1 atom stereocenters. The van der Waals surface area contributed by atoms with Gasteiger partial charge in [-0.25, -0.2) is 4.79 Å². The van der Waals surface area contributed by atoms with Crippen molar-refractivity contribution in [2.45, 2.75) is 19.4 Å². The summed E-state index contributed by atoms with van der Waals surface area (Å²) < 4.78 is 6.14. The van der Waals surface area contributed by atoms with E-state index in [0.717, 1.165) is 27.5 Å². The maximum absolute atomic E-state index is 11.5. The Balaban J connectivity index is 1.75. The van der Waals surface area contributed by atoms with Crippen LogP contribution < -0.4 is 4.74 Å². The number of nitrogens with zero attached hydrogens (tertiary/aromatic N) is 3. The van der Waals surface area contributed by atoms with Gasteiger partial charge in [0.05, 0.1) is 11.8 Å². The van der Waals surface area contributed by atoms with E-state index in [9.17, 15) is 9.90 Å². The van der Waals surface area contributed by atoms with Gasteiger partial charge in [-0.3, -0.25) is 0 Å². The lowest BCUT2D eigenvalue weighted by Crippen LogP contribution is -2.32. The molecule has 1 aliphatic rings. The summed E-state index contributed by atoms with van der Waals surface area (Å²) >= 11 is 0. The van der Waals surface area contributed by atoms with Gasteiger partial charge in [-0.1, -0.05) is 42.5 Å². The summed E-state index contributed by atoms with van der Waals surface area (Å²) in [4.78, 5) is 11.5. The Morgan fingerprint density at radius 2 is 1.93 bits per heavy atom. The minimum Gasteiger partial charge on any atom is -0.490 e. The summed E-state index contributed by atoms with van der Waals surface area (Å²) in [7, 11) is 0. The molecule has 0 fully saturated rings. The van der Waals surface area contributed by atoms with Crippen LogP contribution in [0, 0.1) is 13.8 Å². The smallest absolute Gasteiger partial charge is 0.335 e. The van der Waals surface area contributed by atoms with Crippen LogP contribution >= 0.6 is 0 Å². The largest absolute Gasteiger partial charge is 0.490 e. The number of carbonyl (C=O) groups is 1. The van der Waals surface area contributed by atoms with Gasteiger partial charge in [0.15, 0.2) is 5.54 Å².